The van der Waals surface area contributed by atoms with Crippen LogP contribution in [0.25, 0.3) is 33.4 Å². The molecule has 9 heteroatoms. The molecule has 4 aromatic rings. The molecule has 0 radical (unpaired) electrons. The first kappa shape index (κ1) is 25.3. The molecule has 0 unspecified atom stereocenters. The zero-order valence-corrected chi connectivity index (χ0v) is 22.2. The van der Waals surface area contributed by atoms with Crippen molar-refractivity contribution in [1.82, 2.24) is 29.8 Å². The third-order valence-electron chi connectivity index (χ3n) is 7.17. The van der Waals surface area contributed by atoms with Crippen molar-refractivity contribution in [2.45, 2.75) is 52.1 Å². The molecule has 0 bridgehead atoms. The highest BCUT2D eigenvalue weighted by Gasteiger charge is 2.23. The van der Waals surface area contributed by atoms with E-state index in [0.29, 0.717) is 52.8 Å². The summed E-state index contributed by atoms with van der Waals surface area (Å²) in [5.41, 5.74) is 4.21. The van der Waals surface area contributed by atoms with E-state index in [1.54, 1.807) is 18.6 Å². The van der Waals surface area contributed by atoms with E-state index >= 15 is 0 Å². The number of rotatable bonds is 7. The number of fused-ring (bicyclic) bond motifs is 1. The lowest BCUT2D eigenvalue weighted by atomic mass is 9.86. The quantitative estimate of drug-likeness (QED) is 0.352. The van der Waals surface area contributed by atoms with Crippen LogP contribution in [-0.4, -0.2) is 44.1 Å². The van der Waals surface area contributed by atoms with Crippen molar-refractivity contribution in [3.05, 3.63) is 63.9 Å². The maximum Gasteiger partial charge on any atom is 0.260 e. The highest BCUT2D eigenvalue weighted by Crippen LogP contribution is 2.32. The lowest BCUT2D eigenvalue weighted by molar-refractivity contribution is 0.275. The summed E-state index contributed by atoms with van der Waals surface area (Å²) in [6, 6.07) is 8.07. The Morgan fingerprint density at radius 2 is 1.86 bits per heavy atom. The van der Waals surface area contributed by atoms with E-state index in [-0.39, 0.29) is 5.56 Å². The zero-order chi connectivity index (χ0) is 25.9. The first-order valence-electron chi connectivity index (χ1n) is 12.9. The SMILES string of the molecule is CCNc1ncc2cc(-c3ccc(-c4cncc(C)n4)cc3Cl)c(=O)n(C[C@H]3CC[C@H](NC)CC3)c2n1. The summed E-state index contributed by atoms with van der Waals surface area (Å²) in [6.07, 6.45) is 9.57. The molecule has 0 aliphatic heterocycles. The van der Waals surface area contributed by atoms with Crippen LogP contribution in [0.1, 0.15) is 38.3 Å². The lowest BCUT2D eigenvalue weighted by Gasteiger charge is -2.29. The molecule has 1 fully saturated rings. The molecule has 1 aliphatic carbocycles. The number of nitrogens with zero attached hydrogens (tertiary/aromatic N) is 5. The Bertz CT molecular complexity index is 1480. The van der Waals surface area contributed by atoms with Gasteiger partial charge in [-0.25, -0.2) is 9.97 Å². The van der Waals surface area contributed by atoms with Crippen LogP contribution in [0.15, 0.2) is 47.7 Å². The van der Waals surface area contributed by atoms with Crippen molar-refractivity contribution in [3.8, 4) is 22.4 Å². The normalized spacial score (nSPS) is 17.7. The molecule has 5 rings (SSSR count). The van der Waals surface area contributed by atoms with Gasteiger partial charge in [0.05, 0.1) is 17.6 Å². The van der Waals surface area contributed by atoms with Gasteiger partial charge in [-0.15, -0.1) is 0 Å². The number of hydrogen-bond acceptors (Lipinski definition) is 7. The van der Waals surface area contributed by atoms with E-state index in [4.69, 9.17) is 16.6 Å². The minimum Gasteiger partial charge on any atom is -0.354 e. The first-order chi connectivity index (χ1) is 18.0. The summed E-state index contributed by atoms with van der Waals surface area (Å²) >= 11 is 6.77. The van der Waals surface area contributed by atoms with Crippen LogP contribution >= 0.6 is 11.6 Å². The van der Waals surface area contributed by atoms with Crippen molar-refractivity contribution in [1.29, 1.82) is 0 Å². The number of aromatic nitrogens is 5. The molecule has 1 saturated carbocycles. The summed E-state index contributed by atoms with van der Waals surface area (Å²) in [5.74, 6) is 0.937. The van der Waals surface area contributed by atoms with Gasteiger partial charge in [0.25, 0.3) is 5.56 Å². The fraction of sp³-hybridized carbons (Fsp3) is 0.393. The van der Waals surface area contributed by atoms with Gasteiger partial charge in [-0.05, 0) is 64.6 Å². The Kier molecular flexibility index (Phi) is 7.48. The second kappa shape index (κ2) is 10.9. The number of nitrogens with one attached hydrogen (secondary N) is 2. The van der Waals surface area contributed by atoms with Crippen LogP contribution < -0.4 is 16.2 Å². The Morgan fingerprint density at radius 1 is 1.05 bits per heavy atom. The van der Waals surface area contributed by atoms with E-state index in [1.807, 2.05) is 49.7 Å². The monoisotopic (exact) mass is 517 g/mol. The minimum atomic E-state index is -0.0885. The van der Waals surface area contributed by atoms with Crippen molar-refractivity contribution in [3.63, 3.8) is 0 Å². The number of anilines is 1. The first-order valence-corrected chi connectivity index (χ1v) is 13.2. The molecule has 2 N–H and O–H groups in total. The largest absolute Gasteiger partial charge is 0.354 e. The smallest absolute Gasteiger partial charge is 0.260 e. The van der Waals surface area contributed by atoms with Gasteiger partial charge in [-0.1, -0.05) is 23.7 Å². The number of aryl methyl sites for hydroxylation is 1. The third kappa shape index (κ3) is 5.36. The minimum absolute atomic E-state index is 0.0885. The molecule has 0 saturated heterocycles. The third-order valence-corrected chi connectivity index (χ3v) is 7.48. The van der Waals surface area contributed by atoms with E-state index in [1.165, 1.54) is 0 Å². The van der Waals surface area contributed by atoms with Gasteiger partial charge in [0.2, 0.25) is 5.95 Å². The molecule has 8 nitrogen and oxygen atoms in total. The Morgan fingerprint density at radius 3 is 2.57 bits per heavy atom. The van der Waals surface area contributed by atoms with Gasteiger partial charge >= 0.3 is 0 Å². The molecule has 1 aliphatic rings. The Labute approximate surface area is 221 Å². The van der Waals surface area contributed by atoms with Crippen molar-refractivity contribution in [2.24, 2.45) is 5.92 Å². The van der Waals surface area contributed by atoms with Crippen LogP contribution in [0, 0.1) is 12.8 Å². The molecule has 0 spiro atoms. The van der Waals surface area contributed by atoms with Crippen LogP contribution in [0.2, 0.25) is 5.02 Å². The summed E-state index contributed by atoms with van der Waals surface area (Å²) in [6.45, 7) is 5.22. The number of hydrogen-bond donors (Lipinski definition) is 2. The average molecular weight is 518 g/mol. The molecular formula is C28H32ClN7O. The molecule has 0 amide bonds. The van der Waals surface area contributed by atoms with Gasteiger partial charge in [-0.3, -0.25) is 14.3 Å². The van der Waals surface area contributed by atoms with E-state index in [2.05, 4.69) is 25.6 Å². The summed E-state index contributed by atoms with van der Waals surface area (Å²) in [4.78, 5) is 31.9. The predicted molar refractivity (Wildman–Crippen MR) is 149 cm³/mol. The maximum absolute atomic E-state index is 14.0. The summed E-state index contributed by atoms with van der Waals surface area (Å²) in [5, 5.41) is 7.85. The predicted octanol–water partition coefficient (Wildman–Crippen LogP) is 5.09. The molecule has 37 heavy (non-hydrogen) atoms. The summed E-state index contributed by atoms with van der Waals surface area (Å²) < 4.78 is 1.83. The fourth-order valence-electron chi connectivity index (χ4n) is 5.15. The summed E-state index contributed by atoms with van der Waals surface area (Å²) in [7, 11) is 2.02. The standard InChI is InChI=1S/C28H32ClN7O/c1-4-32-28-33-14-20-11-23(22-10-7-19(12-24(22)29)25-15-31-13-17(2)34-25)27(37)36(26(20)35-28)16-18-5-8-21(30-3)9-6-18/h7,10-15,18,21,30H,4-6,8-9,16H2,1-3H3,(H,32,33,35)/t18-,21-. The number of pyridine rings is 1. The fourth-order valence-corrected chi connectivity index (χ4v) is 5.43. The van der Waals surface area contributed by atoms with E-state index in [0.717, 1.165) is 48.0 Å². The highest BCUT2D eigenvalue weighted by atomic mass is 35.5. The van der Waals surface area contributed by atoms with Crippen LogP contribution in [0.3, 0.4) is 0 Å². The van der Waals surface area contributed by atoms with Crippen molar-refractivity contribution >= 4 is 28.6 Å². The van der Waals surface area contributed by atoms with Crippen LogP contribution in [0.4, 0.5) is 5.95 Å². The Balaban J connectivity index is 1.58. The van der Waals surface area contributed by atoms with Crippen molar-refractivity contribution < 1.29 is 0 Å². The Hall–Kier alpha value is -3.36. The number of halogens is 1. The van der Waals surface area contributed by atoms with E-state index in [9.17, 15) is 4.79 Å². The molecule has 1 aromatic carbocycles. The lowest BCUT2D eigenvalue weighted by Crippen LogP contribution is -2.33. The van der Waals surface area contributed by atoms with Crippen LogP contribution in [0.5, 0.6) is 0 Å². The van der Waals surface area contributed by atoms with Crippen LogP contribution in [-0.2, 0) is 6.54 Å². The van der Waals surface area contributed by atoms with Gasteiger partial charge in [0, 0.05) is 58.6 Å². The topological polar surface area (TPSA) is 97.6 Å². The average Bonchev–Trinajstić information content (AvgIpc) is 2.91. The number of benzene rings is 1. The molecule has 0 atom stereocenters. The van der Waals surface area contributed by atoms with E-state index < -0.39 is 0 Å². The van der Waals surface area contributed by atoms with Gasteiger partial charge in [0.15, 0.2) is 0 Å². The molecule has 192 valence electrons. The molecule has 3 aromatic heterocycles. The second-order valence-corrected chi connectivity index (χ2v) is 10.1. The second-order valence-electron chi connectivity index (χ2n) is 9.72. The molecule has 3 heterocycles. The van der Waals surface area contributed by atoms with Crippen molar-refractivity contribution in [2.75, 3.05) is 18.9 Å². The molecular weight excluding hydrogens is 486 g/mol. The van der Waals surface area contributed by atoms with Gasteiger partial charge < -0.3 is 10.6 Å². The van der Waals surface area contributed by atoms with Gasteiger partial charge in [-0.2, -0.15) is 4.98 Å². The zero-order valence-electron chi connectivity index (χ0n) is 21.5. The van der Waals surface area contributed by atoms with Gasteiger partial charge in [0.1, 0.15) is 5.65 Å². The maximum atomic E-state index is 14.0. The highest BCUT2D eigenvalue weighted by molar-refractivity contribution is 6.33.